The highest BCUT2D eigenvalue weighted by Crippen LogP contribution is 2.19. The lowest BCUT2D eigenvalue weighted by Gasteiger charge is -2.05. The van der Waals surface area contributed by atoms with Crippen LogP contribution in [0.1, 0.15) is 21.9 Å². The highest BCUT2D eigenvalue weighted by Gasteiger charge is 2.07. The number of alkyl halides is 2. The Hall–Kier alpha value is -3.61. The van der Waals surface area contributed by atoms with E-state index in [1.54, 1.807) is 43.5 Å². The molecule has 0 fully saturated rings. The van der Waals surface area contributed by atoms with E-state index in [1.807, 2.05) is 0 Å². The van der Waals surface area contributed by atoms with E-state index in [9.17, 15) is 13.6 Å². The molecule has 5 nitrogen and oxygen atoms in total. The highest BCUT2D eigenvalue weighted by molar-refractivity contribution is 6.06. The molecule has 1 aromatic heterocycles. The first-order valence-electron chi connectivity index (χ1n) is 8.66. The summed E-state index contributed by atoms with van der Waals surface area (Å²) >= 11 is 0. The Morgan fingerprint density at radius 1 is 0.966 bits per heavy atom. The summed E-state index contributed by atoms with van der Waals surface area (Å²) in [6, 6.07) is 16.1. The molecule has 2 aromatic carbocycles. The minimum atomic E-state index is -2.90. The number of methoxy groups -OCH3 is 1. The largest absolute Gasteiger partial charge is 0.497 e. The molecular formula is C22H18F2O5. The Balaban J connectivity index is 1.54. The number of allylic oxidation sites excluding steroid dienone is 1. The zero-order valence-corrected chi connectivity index (χ0v) is 15.5. The van der Waals surface area contributed by atoms with E-state index in [2.05, 4.69) is 4.74 Å². The van der Waals surface area contributed by atoms with Gasteiger partial charge in [0.05, 0.1) is 7.11 Å². The van der Waals surface area contributed by atoms with Crippen LogP contribution in [0.25, 0.3) is 6.08 Å². The van der Waals surface area contributed by atoms with Crippen molar-refractivity contribution in [1.82, 2.24) is 0 Å². The lowest BCUT2D eigenvalue weighted by molar-refractivity contribution is -0.0498. The number of benzene rings is 2. The van der Waals surface area contributed by atoms with Crippen LogP contribution in [-0.2, 0) is 6.61 Å². The molecule has 7 heteroatoms. The SMILES string of the molecule is COc1ccc(OCc2ccc(/C=C/C(=O)c3ccc(OC(F)F)cc3)o2)cc1. The molecule has 3 aromatic rings. The Morgan fingerprint density at radius 3 is 2.28 bits per heavy atom. The number of rotatable bonds is 9. The van der Waals surface area contributed by atoms with Crippen molar-refractivity contribution in [2.24, 2.45) is 0 Å². The van der Waals surface area contributed by atoms with Gasteiger partial charge in [-0.1, -0.05) is 0 Å². The van der Waals surface area contributed by atoms with Crippen molar-refractivity contribution in [2.75, 3.05) is 7.11 Å². The van der Waals surface area contributed by atoms with Gasteiger partial charge in [0.1, 0.15) is 35.4 Å². The summed E-state index contributed by atoms with van der Waals surface area (Å²) in [6.07, 6.45) is 2.87. The van der Waals surface area contributed by atoms with Gasteiger partial charge in [0.25, 0.3) is 0 Å². The van der Waals surface area contributed by atoms with E-state index in [4.69, 9.17) is 13.9 Å². The second-order valence-corrected chi connectivity index (χ2v) is 5.87. The van der Waals surface area contributed by atoms with Gasteiger partial charge < -0.3 is 18.6 Å². The third-order valence-corrected chi connectivity index (χ3v) is 3.89. The number of carbonyl (C=O) groups is 1. The van der Waals surface area contributed by atoms with E-state index in [-0.39, 0.29) is 18.1 Å². The molecule has 29 heavy (non-hydrogen) atoms. The monoisotopic (exact) mass is 400 g/mol. The fraction of sp³-hybridized carbons (Fsp3) is 0.136. The number of carbonyl (C=O) groups excluding carboxylic acids is 1. The van der Waals surface area contributed by atoms with Crippen molar-refractivity contribution in [1.29, 1.82) is 0 Å². The Morgan fingerprint density at radius 2 is 1.62 bits per heavy atom. The molecule has 0 unspecified atom stereocenters. The molecule has 0 amide bonds. The minimum absolute atomic E-state index is 0.00642. The summed E-state index contributed by atoms with van der Waals surface area (Å²) in [7, 11) is 1.59. The summed E-state index contributed by atoms with van der Waals surface area (Å²) in [5, 5.41) is 0. The summed E-state index contributed by atoms with van der Waals surface area (Å²) < 4.78 is 44.9. The van der Waals surface area contributed by atoms with Crippen LogP contribution in [0.4, 0.5) is 8.78 Å². The Kier molecular flexibility index (Phi) is 6.63. The predicted molar refractivity (Wildman–Crippen MR) is 102 cm³/mol. The summed E-state index contributed by atoms with van der Waals surface area (Å²) in [5.74, 6) is 2.21. The van der Waals surface area contributed by atoms with Crippen molar-refractivity contribution in [3.05, 3.63) is 83.8 Å². The van der Waals surface area contributed by atoms with Crippen LogP contribution in [0.3, 0.4) is 0 Å². The van der Waals surface area contributed by atoms with E-state index < -0.39 is 6.61 Å². The second kappa shape index (κ2) is 9.54. The van der Waals surface area contributed by atoms with Gasteiger partial charge in [-0.2, -0.15) is 8.78 Å². The molecule has 0 saturated heterocycles. The van der Waals surface area contributed by atoms with Gasteiger partial charge in [-0.05, 0) is 72.8 Å². The van der Waals surface area contributed by atoms with Crippen LogP contribution >= 0.6 is 0 Å². The molecule has 0 aliphatic heterocycles. The third kappa shape index (κ3) is 5.93. The van der Waals surface area contributed by atoms with Crippen molar-refractivity contribution >= 4 is 11.9 Å². The summed E-state index contributed by atoms with van der Waals surface area (Å²) in [6.45, 7) is -2.67. The van der Waals surface area contributed by atoms with Gasteiger partial charge >= 0.3 is 6.61 Å². The molecular weight excluding hydrogens is 382 g/mol. The van der Waals surface area contributed by atoms with Gasteiger partial charge in [-0.25, -0.2) is 0 Å². The zero-order valence-electron chi connectivity index (χ0n) is 15.5. The first-order valence-corrected chi connectivity index (χ1v) is 8.66. The number of hydrogen-bond acceptors (Lipinski definition) is 5. The van der Waals surface area contributed by atoms with Crippen LogP contribution in [0.5, 0.6) is 17.2 Å². The van der Waals surface area contributed by atoms with E-state index in [1.165, 1.54) is 36.4 Å². The van der Waals surface area contributed by atoms with Gasteiger partial charge in [-0.3, -0.25) is 4.79 Å². The summed E-state index contributed by atoms with van der Waals surface area (Å²) in [4.78, 5) is 12.2. The number of ketones is 1. The maximum atomic E-state index is 12.2. The van der Waals surface area contributed by atoms with Crippen molar-refractivity contribution in [2.45, 2.75) is 13.2 Å². The maximum absolute atomic E-state index is 12.2. The maximum Gasteiger partial charge on any atom is 0.387 e. The molecule has 0 atom stereocenters. The topological polar surface area (TPSA) is 57.9 Å². The molecule has 0 radical (unpaired) electrons. The third-order valence-electron chi connectivity index (χ3n) is 3.89. The molecule has 3 rings (SSSR count). The molecule has 0 N–H and O–H groups in total. The van der Waals surface area contributed by atoms with E-state index in [0.717, 1.165) is 5.75 Å². The van der Waals surface area contributed by atoms with Crippen molar-refractivity contribution < 1.29 is 32.2 Å². The fourth-order valence-corrected chi connectivity index (χ4v) is 2.44. The molecule has 150 valence electrons. The first kappa shape index (κ1) is 20.1. The van der Waals surface area contributed by atoms with Gasteiger partial charge in [0.2, 0.25) is 0 Å². The molecule has 1 heterocycles. The van der Waals surface area contributed by atoms with E-state index in [0.29, 0.717) is 22.8 Å². The number of ether oxygens (including phenoxy) is 3. The smallest absolute Gasteiger partial charge is 0.387 e. The quantitative estimate of drug-likeness (QED) is 0.357. The Labute approximate surface area is 166 Å². The van der Waals surface area contributed by atoms with Crippen LogP contribution < -0.4 is 14.2 Å². The molecule has 0 spiro atoms. The average molecular weight is 400 g/mol. The van der Waals surface area contributed by atoms with Crippen LogP contribution in [0, 0.1) is 0 Å². The lowest BCUT2D eigenvalue weighted by atomic mass is 10.1. The Bertz CT molecular complexity index is 960. The first-order chi connectivity index (χ1) is 14.0. The molecule has 0 saturated carbocycles. The zero-order chi connectivity index (χ0) is 20.6. The van der Waals surface area contributed by atoms with Crippen LogP contribution in [-0.4, -0.2) is 19.5 Å². The van der Waals surface area contributed by atoms with Crippen molar-refractivity contribution in [3.8, 4) is 17.2 Å². The fourth-order valence-electron chi connectivity index (χ4n) is 2.44. The van der Waals surface area contributed by atoms with Crippen molar-refractivity contribution in [3.63, 3.8) is 0 Å². The lowest BCUT2D eigenvalue weighted by Crippen LogP contribution is -2.02. The van der Waals surface area contributed by atoms with Gasteiger partial charge in [0.15, 0.2) is 5.78 Å². The average Bonchev–Trinajstić information content (AvgIpc) is 3.19. The predicted octanol–water partition coefficient (Wildman–Crippen LogP) is 5.36. The normalized spacial score (nSPS) is 11.0. The molecule has 0 bridgehead atoms. The number of furan rings is 1. The number of hydrogen-bond donors (Lipinski definition) is 0. The summed E-state index contributed by atoms with van der Waals surface area (Å²) in [5.41, 5.74) is 0.345. The van der Waals surface area contributed by atoms with Gasteiger partial charge in [0, 0.05) is 5.56 Å². The standard InChI is InChI=1S/C22H18F2O5/c1-26-16-6-8-17(9-7-16)27-14-20-11-10-18(28-20)12-13-21(25)15-2-4-19(5-3-15)29-22(23)24/h2-13,22H,14H2,1H3/b13-12+. The molecule has 0 aliphatic rings. The highest BCUT2D eigenvalue weighted by atomic mass is 19.3. The van der Waals surface area contributed by atoms with Gasteiger partial charge in [-0.15, -0.1) is 0 Å². The minimum Gasteiger partial charge on any atom is -0.497 e. The van der Waals surface area contributed by atoms with Crippen LogP contribution in [0.15, 0.2) is 71.2 Å². The van der Waals surface area contributed by atoms with E-state index >= 15 is 0 Å². The molecule has 0 aliphatic carbocycles. The van der Waals surface area contributed by atoms with Crippen LogP contribution in [0.2, 0.25) is 0 Å². The second-order valence-electron chi connectivity index (χ2n) is 5.87. The number of halogens is 2.